The Balaban J connectivity index is 1.40. The molecule has 0 N–H and O–H groups in total. The van der Waals surface area contributed by atoms with Gasteiger partial charge in [-0.05, 0) is 31.4 Å². The normalized spacial score (nSPS) is 23.2. The van der Waals surface area contributed by atoms with Gasteiger partial charge in [-0.2, -0.15) is 0 Å². The van der Waals surface area contributed by atoms with Gasteiger partial charge in [-0.25, -0.2) is 9.79 Å². The second-order valence-corrected chi connectivity index (χ2v) is 8.54. The van der Waals surface area contributed by atoms with E-state index < -0.39 is 12.2 Å². The Morgan fingerprint density at radius 2 is 1.66 bits per heavy atom. The first-order valence-corrected chi connectivity index (χ1v) is 11.0. The van der Waals surface area contributed by atoms with E-state index in [-0.39, 0.29) is 18.0 Å². The Labute approximate surface area is 188 Å². The summed E-state index contributed by atoms with van der Waals surface area (Å²) in [6.45, 7) is 4.51. The number of hydrogen-bond acceptors (Lipinski definition) is 5. The number of amides is 3. The summed E-state index contributed by atoms with van der Waals surface area (Å²) in [5.74, 6) is 0.540. The molecule has 5 rings (SSSR count). The van der Waals surface area contributed by atoms with Crippen LogP contribution in [0.5, 0.6) is 0 Å². The van der Waals surface area contributed by atoms with Gasteiger partial charge in [-0.15, -0.1) is 0 Å². The molecule has 3 atom stereocenters. The molecule has 0 spiro atoms. The van der Waals surface area contributed by atoms with Crippen molar-refractivity contribution in [2.24, 2.45) is 4.99 Å². The number of nitrogens with zero attached hydrogens (tertiary/aromatic N) is 5. The van der Waals surface area contributed by atoms with Gasteiger partial charge in [0.15, 0.2) is 12.2 Å². The average Bonchev–Trinajstić information content (AvgIpc) is 3.33. The molecule has 0 radical (unpaired) electrons. The number of fused-ring (bicyclic) bond motifs is 3. The lowest BCUT2D eigenvalue weighted by Gasteiger charge is -2.40. The van der Waals surface area contributed by atoms with Crippen LogP contribution in [-0.4, -0.2) is 63.3 Å². The van der Waals surface area contributed by atoms with Crippen molar-refractivity contribution in [3.05, 3.63) is 83.7 Å². The first kappa shape index (κ1) is 20.3. The molecule has 7 nitrogen and oxygen atoms in total. The number of carbonyl (C=O) groups excluding carboxylic acids is 2. The quantitative estimate of drug-likeness (QED) is 0.731. The van der Waals surface area contributed by atoms with E-state index in [1.807, 2.05) is 66.6 Å². The van der Waals surface area contributed by atoms with Crippen molar-refractivity contribution < 1.29 is 9.59 Å². The van der Waals surface area contributed by atoms with Crippen LogP contribution in [0.25, 0.3) is 0 Å². The number of urea groups is 1. The zero-order chi connectivity index (χ0) is 22.4. The third-order valence-corrected chi connectivity index (χ3v) is 6.57. The van der Waals surface area contributed by atoms with Crippen molar-refractivity contribution in [2.75, 3.05) is 13.6 Å². The maximum atomic E-state index is 13.5. The van der Waals surface area contributed by atoms with Gasteiger partial charge < -0.3 is 14.7 Å². The van der Waals surface area contributed by atoms with Crippen LogP contribution in [-0.2, 0) is 11.2 Å². The highest BCUT2D eigenvalue weighted by Crippen LogP contribution is 2.38. The minimum atomic E-state index is -0.536. The van der Waals surface area contributed by atoms with Gasteiger partial charge in [0.1, 0.15) is 0 Å². The van der Waals surface area contributed by atoms with Gasteiger partial charge >= 0.3 is 6.03 Å². The van der Waals surface area contributed by atoms with Crippen molar-refractivity contribution in [1.82, 2.24) is 19.6 Å². The molecule has 1 fully saturated rings. The number of aliphatic imine (C=N–C) groups is 1. The van der Waals surface area contributed by atoms with Crippen molar-refractivity contribution in [3.63, 3.8) is 0 Å². The lowest BCUT2D eigenvalue weighted by atomic mass is 10.1. The molecule has 3 aliphatic heterocycles. The lowest BCUT2D eigenvalue weighted by Crippen LogP contribution is -2.64. The van der Waals surface area contributed by atoms with Gasteiger partial charge in [0, 0.05) is 25.5 Å². The number of allylic oxidation sites excluding steroid dienone is 1. The number of carbonyl (C=O) groups is 2. The molecule has 0 bridgehead atoms. The molecule has 3 unspecified atom stereocenters. The monoisotopic (exact) mass is 429 g/mol. The third-order valence-electron chi connectivity index (χ3n) is 6.57. The smallest absolute Gasteiger partial charge is 0.308 e. The molecule has 0 aliphatic carbocycles. The lowest BCUT2D eigenvalue weighted by molar-refractivity contribution is -0.136. The van der Waals surface area contributed by atoms with E-state index in [9.17, 15) is 9.59 Å². The van der Waals surface area contributed by atoms with E-state index in [4.69, 9.17) is 4.99 Å². The fourth-order valence-corrected chi connectivity index (χ4v) is 4.82. The van der Waals surface area contributed by atoms with Crippen molar-refractivity contribution in [2.45, 2.75) is 38.5 Å². The van der Waals surface area contributed by atoms with Gasteiger partial charge in [-0.3, -0.25) is 9.69 Å². The summed E-state index contributed by atoms with van der Waals surface area (Å²) >= 11 is 0. The molecule has 2 aromatic carbocycles. The van der Waals surface area contributed by atoms with E-state index in [0.717, 1.165) is 17.2 Å². The topological polar surface area (TPSA) is 59.5 Å². The summed E-state index contributed by atoms with van der Waals surface area (Å²) in [5, 5.41) is 0. The van der Waals surface area contributed by atoms with E-state index in [2.05, 4.69) is 24.0 Å². The predicted octanol–water partition coefficient (Wildman–Crippen LogP) is 3.43. The molecular weight excluding hydrogens is 402 g/mol. The fourth-order valence-electron chi connectivity index (χ4n) is 4.82. The van der Waals surface area contributed by atoms with Crippen LogP contribution < -0.4 is 0 Å². The maximum absolute atomic E-state index is 13.5. The van der Waals surface area contributed by atoms with Gasteiger partial charge in [0.2, 0.25) is 5.96 Å². The summed E-state index contributed by atoms with van der Waals surface area (Å²) in [6.07, 6.45) is 2.09. The number of hydrogen-bond donors (Lipinski definition) is 0. The first-order chi connectivity index (χ1) is 15.5. The second kappa shape index (κ2) is 7.82. The van der Waals surface area contributed by atoms with Crippen molar-refractivity contribution >= 4 is 17.9 Å². The van der Waals surface area contributed by atoms with Crippen LogP contribution in [0, 0.1) is 0 Å². The van der Waals surface area contributed by atoms with E-state index in [0.29, 0.717) is 13.0 Å². The van der Waals surface area contributed by atoms with Crippen LogP contribution in [0.2, 0.25) is 0 Å². The highest BCUT2D eigenvalue weighted by atomic mass is 16.2. The predicted molar refractivity (Wildman–Crippen MR) is 122 cm³/mol. The van der Waals surface area contributed by atoms with Crippen molar-refractivity contribution in [1.29, 1.82) is 0 Å². The van der Waals surface area contributed by atoms with Crippen molar-refractivity contribution in [3.8, 4) is 0 Å². The maximum Gasteiger partial charge on any atom is 0.328 e. The Kier molecular flexibility index (Phi) is 4.96. The Bertz CT molecular complexity index is 1100. The number of rotatable bonds is 5. The molecule has 7 heteroatoms. The molecule has 32 heavy (non-hydrogen) atoms. The molecule has 164 valence electrons. The number of benzene rings is 2. The minimum absolute atomic E-state index is 0.0571. The number of guanidine groups is 1. The largest absolute Gasteiger partial charge is 0.328 e. The molecule has 3 amide bonds. The summed E-state index contributed by atoms with van der Waals surface area (Å²) in [5.41, 5.74) is 3.29. The summed E-state index contributed by atoms with van der Waals surface area (Å²) in [7, 11) is 1.73. The van der Waals surface area contributed by atoms with Crippen LogP contribution in [0.4, 0.5) is 4.79 Å². The van der Waals surface area contributed by atoms with Gasteiger partial charge in [0.05, 0.1) is 6.04 Å². The summed E-state index contributed by atoms with van der Waals surface area (Å²) < 4.78 is 0. The second-order valence-electron chi connectivity index (χ2n) is 8.54. The fraction of sp³-hybridized carbons (Fsp3) is 0.320. The molecule has 0 saturated carbocycles. The molecule has 1 saturated heterocycles. The molecule has 0 aromatic heterocycles. The van der Waals surface area contributed by atoms with Crippen LogP contribution in [0.3, 0.4) is 0 Å². The highest BCUT2D eigenvalue weighted by molar-refractivity contribution is 6.04. The van der Waals surface area contributed by atoms with E-state index in [1.54, 1.807) is 11.9 Å². The Hall–Kier alpha value is -3.61. The first-order valence-electron chi connectivity index (χ1n) is 11.0. The minimum Gasteiger partial charge on any atom is -0.308 e. The average molecular weight is 430 g/mol. The Morgan fingerprint density at radius 3 is 2.34 bits per heavy atom. The zero-order valence-corrected chi connectivity index (χ0v) is 18.5. The van der Waals surface area contributed by atoms with Crippen LogP contribution in [0.15, 0.2) is 77.6 Å². The van der Waals surface area contributed by atoms with Gasteiger partial charge in [0.25, 0.3) is 5.91 Å². The molecular formula is C25H27N5O2. The van der Waals surface area contributed by atoms with Crippen LogP contribution in [0.1, 0.15) is 31.0 Å². The van der Waals surface area contributed by atoms with E-state index in [1.165, 1.54) is 10.5 Å². The van der Waals surface area contributed by atoms with Crippen LogP contribution >= 0.6 is 0 Å². The third kappa shape index (κ3) is 3.16. The SMILES string of the molecule is CC1=CN2C(=NC3C2C(=O)N(CCc2ccccc2)C(=O)N3C)N1C(C)c1ccccc1. The summed E-state index contributed by atoms with van der Waals surface area (Å²) in [4.78, 5) is 38.4. The Morgan fingerprint density at radius 1 is 1.00 bits per heavy atom. The highest BCUT2D eigenvalue weighted by Gasteiger charge is 2.54. The van der Waals surface area contributed by atoms with Gasteiger partial charge in [-0.1, -0.05) is 60.7 Å². The molecule has 3 heterocycles. The summed E-state index contributed by atoms with van der Waals surface area (Å²) in [6, 6.07) is 19.4. The number of imide groups is 1. The molecule has 2 aromatic rings. The number of likely N-dealkylation sites (N-methyl/N-ethyl adjacent to an activating group) is 1. The zero-order valence-electron chi connectivity index (χ0n) is 18.5. The standard InChI is InChI=1S/C25H27N5O2/c1-17-16-29-21-22(26-24(29)30(17)18(2)20-12-8-5-9-13-20)27(3)25(32)28(23(21)31)15-14-19-10-6-4-7-11-19/h4-13,16,18,21-22H,14-15H2,1-3H3. The van der Waals surface area contributed by atoms with E-state index >= 15 is 0 Å². The molecule has 3 aliphatic rings.